The highest BCUT2D eigenvalue weighted by Gasteiger charge is 2.47. The zero-order valence-corrected chi connectivity index (χ0v) is 22.3. The summed E-state index contributed by atoms with van der Waals surface area (Å²) in [6, 6.07) is 17.4. The maximum atomic E-state index is 13.5. The number of para-hydroxylation sites is 1. The molecule has 206 valence electrons. The Kier molecular flexibility index (Phi) is 6.92. The average molecular weight is 553 g/mol. The van der Waals surface area contributed by atoms with Crippen LogP contribution >= 0.6 is 0 Å². The van der Waals surface area contributed by atoms with Gasteiger partial charge in [0.25, 0.3) is 0 Å². The second-order valence-corrected chi connectivity index (χ2v) is 12.5. The van der Waals surface area contributed by atoms with Gasteiger partial charge in [-0.15, -0.1) is 0 Å². The average Bonchev–Trinajstić information content (AvgIpc) is 3.57. The van der Waals surface area contributed by atoms with Gasteiger partial charge >= 0.3 is 0 Å². The summed E-state index contributed by atoms with van der Waals surface area (Å²) in [4.78, 5) is 15.8. The van der Waals surface area contributed by atoms with Crippen LogP contribution in [0.2, 0.25) is 0 Å². The minimum atomic E-state index is -4.04. The fraction of sp³-hybridized carbons (Fsp3) is 0.429. The Bertz CT molecular complexity index is 1430. The Morgan fingerprint density at radius 1 is 1.05 bits per heavy atom. The summed E-state index contributed by atoms with van der Waals surface area (Å²) < 4.78 is 39.8. The Morgan fingerprint density at radius 2 is 1.79 bits per heavy atom. The van der Waals surface area contributed by atoms with E-state index in [9.17, 15) is 18.3 Å². The minimum absolute atomic E-state index is 0.0181. The first-order chi connectivity index (χ1) is 18.8. The standard InChI is InChI=1S/C28H32N4O6S/c33-21-16-24-27(34)29-28(12-15-37-25-8-4-5-9-26(25)39(35,36)32(24)18-21)10-13-31(14-11-28)19-22-17-23(30-38-22)20-6-2-1-3-7-20/h1-9,17,21,24,33H,10-16,18-19H2,(H,29,34)/t21-,24+/m1/s1. The van der Waals surface area contributed by atoms with Gasteiger partial charge in [-0.3, -0.25) is 9.69 Å². The van der Waals surface area contributed by atoms with Crippen molar-refractivity contribution < 1.29 is 27.6 Å². The van der Waals surface area contributed by atoms with Crippen molar-refractivity contribution in [1.29, 1.82) is 0 Å². The molecule has 1 amide bonds. The van der Waals surface area contributed by atoms with Crippen molar-refractivity contribution >= 4 is 15.9 Å². The van der Waals surface area contributed by atoms with Crippen LogP contribution in [-0.4, -0.2) is 77.7 Å². The van der Waals surface area contributed by atoms with Crippen LogP contribution in [0, 0.1) is 0 Å². The van der Waals surface area contributed by atoms with Crippen molar-refractivity contribution in [3.8, 4) is 17.0 Å². The fourth-order valence-electron chi connectivity index (χ4n) is 5.83. The summed E-state index contributed by atoms with van der Waals surface area (Å²) >= 11 is 0. The van der Waals surface area contributed by atoms with Crippen LogP contribution in [0.25, 0.3) is 11.3 Å². The van der Waals surface area contributed by atoms with Gasteiger partial charge in [0.05, 0.1) is 19.3 Å². The number of aliphatic hydroxyl groups excluding tert-OH is 1. The van der Waals surface area contributed by atoms with Crippen molar-refractivity contribution in [2.24, 2.45) is 0 Å². The molecular weight excluding hydrogens is 520 g/mol. The van der Waals surface area contributed by atoms with Gasteiger partial charge in [0, 0.05) is 49.6 Å². The summed E-state index contributed by atoms with van der Waals surface area (Å²) in [5, 5.41) is 17.8. The molecule has 0 radical (unpaired) electrons. The Morgan fingerprint density at radius 3 is 2.59 bits per heavy atom. The van der Waals surface area contributed by atoms with E-state index in [2.05, 4.69) is 15.4 Å². The number of aliphatic hydroxyl groups is 1. The summed E-state index contributed by atoms with van der Waals surface area (Å²) in [6.45, 7) is 2.18. The van der Waals surface area contributed by atoms with Gasteiger partial charge < -0.3 is 19.7 Å². The van der Waals surface area contributed by atoms with Crippen LogP contribution in [-0.2, 0) is 21.4 Å². The molecule has 2 fully saturated rings. The molecule has 2 saturated heterocycles. The largest absolute Gasteiger partial charge is 0.492 e. The second-order valence-electron chi connectivity index (χ2n) is 10.6. The first kappa shape index (κ1) is 26.0. The van der Waals surface area contributed by atoms with E-state index >= 15 is 0 Å². The third-order valence-electron chi connectivity index (χ3n) is 8.02. The molecule has 1 aromatic heterocycles. The predicted molar refractivity (Wildman–Crippen MR) is 142 cm³/mol. The third-order valence-corrected chi connectivity index (χ3v) is 9.93. The molecule has 10 nitrogen and oxygen atoms in total. The third kappa shape index (κ3) is 5.19. The number of likely N-dealkylation sites (tertiary alicyclic amines) is 1. The molecule has 11 heteroatoms. The van der Waals surface area contributed by atoms with E-state index in [1.54, 1.807) is 18.2 Å². The number of benzene rings is 2. The number of nitrogens with zero attached hydrogens (tertiary/aromatic N) is 3. The van der Waals surface area contributed by atoms with Crippen molar-refractivity contribution in [1.82, 2.24) is 19.7 Å². The lowest BCUT2D eigenvalue weighted by molar-refractivity contribution is -0.127. The lowest BCUT2D eigenvalue weighted by Gasteiger charge is -2.42. The number of hydrogen-bond donors (Lipinski definition) is 2. The number of sulfonamides is 1. The van der Waals surface area contributed by atoms with Gasteiger partial charge in [0.2, 0.25) is 15.9 Å². The maximum absolute atomic E-state index is 13.5. The quantitative estimate of drug-likeness (QED) is 0.508. The molecule has 39 heavy (non-hydrogen) atoms. The van der Waals surface area contributed by atoms with E-state index in [0.29, 0.717) is 38.9 Å². The number of amides is 1. The molecule has 0 saturated carbocycles. The maximum Gasteiger partial charge on any atom is 0.247 e. The van der Waals surface area contributed by atoms with Crippen molar-refractivity contribution in [2.75, 3.05) is 26.2 Å². The Balaban J connectivity index is 1.19. The highest BCUT2D eigenvalue weighted by Crippen LogP contribution is 2.35. The van der Waals surface area contributed by atoms with Gasteiger partial charge in [0.1, 0.15) is 22.4 Å². The predicted octanol–water partition coefficient (Wildman–Crippen LogP) is 2.40. The second kappa shape index (κ2) is 10.4. The van der Waals surface area contributed by atoms with Crippen molar-refractivity contribution in [3.05, 3.63) is 66.4 Å². The smallest absolute Gasteiger partial charge is 0.247 e. The van der Waals surface area contributed by atoms with Crippen LogP contribution in [0.15, 0.2) is 70.1 Å². The number of carbonyl (C=O) groups excluding carboxylic acids is 1. The lowest BCUT2D eigenvalue weighted by atomic mass is 9.84. The van der Waals surface area contributed by atoms with Crippen molar-refractivity contribution in [3.63, 3.8) is 0 Å². The summed E-state index contributed by atoms with van der Waals surface area (Å²) in [5.74, 6) is 0.668. The van der Waals surface area contributed by atoms with Gasteiger partial charge in [-0.2, -0.15) is 4.31 Å². The molecule has 1 spiro atoms. The Hall–Kier alpha value is -3.25. The van der Waals surface area contributed by atoms with Crippen LogP contribution in [0.1, 0.15) is 31.4 Å². The minimum Gasteiger partial charge on any atom is -0.492 e. The zero-order valence-electron chi connectivity index (χ0n) is 21.5. The van der Waals surface area contributed by atoms with Crippen molar-refractivity contribution in [2.45, 2.75) is 54.8 Å². The fourth-order valence-corrected chi connectivity index (χ4v) is 7.60. The molecule has 0 aliphatic carbocycles. The number of carbonyl (C=O) groups is 1. The van der Waals surface area contributed by atoms with Gasteiger partial charge in [-0.25, -0.2) is 8.42 Å². The van der Waals surface area contributed by atoms with E-state index in [1.165, 1.54) is 6.07 Å². The van der Waals surface area contributed by atoms with Gasteiger partial charge in [-0.1, -0.05) is 47.6 Å². The first-order valence-electron chi connectivity index (χ1n) is 13.3. The molecule has 6 rings (SSSR count). The molecular formula is C28H32N4O6S. The molecule has 2 N–H and O–H groups in total. The van der Waals surface area contributed by atoms with Gasteiger partial charge in [0.15, 0.2) is 5.76 Å². The summed E-state index contributed by atoms with van der Waals surface area (Å²) in [5.41, 5.74) is 1.25. The monoisotopic (exact) mass is 552 g/mol. The number of piperidine rings is 1. The number of aromatic nitrogens is 1. The molecule has 0 unspecified atom stereocenters. The Labute approximate surface area is 227 Å². The summed E-state index contributed by atoms with van der Waals surface area (Å²) in [6.07, 6.45) is 1.03. The van der Waals surface area contributed by atoms with E-state index in [4.69, 9.17) is 9.26 Å². The molecule has 3 aliphatic heterocycles. The number of fused-ring (bicyclic) bond motifs is 2. The highest BCUT2D eigenvalue weighted by atomic mass is 32.2. The topological polar surface area (TPSA) is 125 Å². The zero-order chi connectivity index (χ0) is 27.0. The SMILES string of the molecule is O=C1NC2(CCOc3ccccc3S(=O)(=O)N3C[C@H](O)C[C@@H]13)CCN(Cc1cc(-c3ccccc3)no1)CC2. The van der Waals surface area contributed by atoms with Crippen LogP contribution in [0.5, 0.6) is 5.75 Å². The number of ether oxygens (including phenoxy) is 1. The molecule has 3 aliphatic rings. The molecule has 0 bridgehead atoms. The molecule has 2 atom stereocenters. The van der Waals surface area contributed by atoms with E-state index in [0.717, 1.165) is 21.3 Å². The van der Waals surface area contributed by atoms with E-state index in [1.807, 2.05) is 36.4 Å². The normalized spacial score (nSPS) is 25.2. The van der Waals surface area contributed by atoms with Crippen LogP contribution < -0.4 is 10.1 Å². The van der Waals surface area contributed by atoms with Crippen LogP contribution in [0.3, 0.4) is 0 Å². The van der Waals surface area contributed by atoms with Crippen LogP contribution in [0.4, 0.5) is 0 Å². The molecule has 2 aromatic carbocycles. The van der Waals surface area contributed by atoms with E-state index < -0.39 is 27.7 Å². The number of rotatable bonds is 3. The number of hydrogen-bond acceptors (Lipinski definition) is 8. The first-order valence-corrected chi connectivity index (χ1v) is 14.7. The lowest BCUT2D eigenvalue weighted by Crippen LogP contribution is -2.59. The van der Waals surface area contributed by atoms with Gasteiger partial charge in [-0.05, 0) is 25.0 Å². The highest BCUT2D eigenvalue weighted by molar-refractivity contribution is 7.89. The molecule has 4 heterocycles. The summed E-state index contributed by atoms with van der Waals surface area (Å²) in [7, 11) is -4.04. The molecule has 3 aromatic rings. The number of nitrogens with one attached hydrogen (secondary N) is 1. The van der Waals surface area contributed by atoms with E-state index in [-0.39, 0.29) is 36.1 Å².